The highest BCUT2D eigenvalue weighted by molar-refractivity contribution is 7.93. The molecule has 0 saturated heterocycles. The molecule has 10 heteroatoms. The Morgan fingerprint density at radius 1 is 1.30 bits per heavy atom. The number of alkyl halides is 3. The van der Waals surface area contributed by atoms with E-state index >= 15 is 0 Å². The van der Waals surface area contributed by atoms with Crippen LogP contribution in [-0.2, 0) is 4.79 Å². The summed E-state index contributed by atoms with van der Waals surface area (Å²) in [6.07, 6.45) is -5.14. The van der Waals surface area contributed by atoms with Crippen molar-refractivity contribution >= 4 is 46.8 Å². The number of aliphatic hydroxyl groups is 1. The first-order valence-corrected chi connectivity index (χ1v) is 6.45. The normalized spacial score (nSPS) is 14.8. The Morgan fingerprint density at radius 3 is 2.30 bits per heavy atom. The Balaban J connectivity index is 3.07. The van der Waals surface area contributed by atoms with Crippen molar-refractivity contribution in [1.82, 2.24) is 0 Å². The van der Waals surface area contributed by atoms with Crippen LogP contribution in [0.25, 0.3) is 0 Å². The maximum atomic E-state index is 12.5. The molecule has 0 fully saturated rings. The standard InChI is InChI=1S/C10H8Cl2F3NO3S/c1-9(18,10(13,14)15)8(17)16-4-2-3-5(20-19)7(12)6(4)11/h2-3,18-19H,1H3,(H,16,17)/t9-/m1/s1. The number of rotatable bonds is 3. The fourth-order valence-corrected chi connectivity index (χ4v) is 1.92. The number of amides is 1. The predicted molar refractivity (Wildman–Crippen MR) is 70.3 cm³/mol. The highest BCUT2D eigenvalue weighted by atomic mass is 35.5. The van der Waals surface area contributed by atoms with Gasteiger partial charge in [0.2, 0.25) is 5.60 Å². The maximum absolute atomic E-state index is 12.5. The molecule has 1 aromatic rings. The molecule has 0 bridgehead atoms. The fraction of sp³-hybridized carbons (Fsp3) is 0.300. The zero-order valence-electron chi connectivity index (χ0n) is 9.76. The van der Waals surface area contributed by atoms with Gasteiger partial charge in [-0.2, -0.15) is 13.2 Å². The summed E-state index contributed by atoms with van der Waals surface area (Å²) >= 11 is 11.8. The van der Waals surface area contributed by atoms with E-state index in [1.165, 1.54) is 6.07 Å². The van der Waals surface area contributed by atoms with Crippen molar-refractivity contribution in [3.63, 3.8) is 0 Å². The Hall–Kier alpha value is -0.670. The van der Waals surface area contributed by atoms with Gasteiger partial charge in [-0.3, -0.25) is 4.79 Å². The van der Waals surface area contributed by atoms with E-state index in [-0.39, 0.29) is 32.7 Å². The van der Waals surface area contributed by atoms with Crippen LogP contribution in [0, 0.1) is 0 Å². The second-order valence-corrected chi connectivity index (χ2v) is 5.23. The van der Waals surface area contributed by atoms with Gasteiger partial charge in [-0.25, -0.2) is 0 Å². The molecular formula is C10H8Cl2F3NO3S. The van der Waals surface area contributed by atoms with Crippen LogP contribution >= 0.6 is 35.2 Å². The van der Waals surface area contributed by atoms with Crippen LogP contribution in [0.1, 0.15) is 6.92 Å². The van der Waals surface area contributed by atoms with Gasteiger partial charge < -0.3 is 15.0 Å². The van der Waals surface area contributed by atoms with Crippen LogP contribution in [0.4, 0.5) is 18.9 Å². The molecule has 1 rings (SSSR count). The van der Waals surface area contributed by atoms with Gasteiger partial charge in [-0.1, -0.05) is 23.2 Å². The van der Waals surface area contributed by atoms with Crippen molar-refractivity contribution < 1.29 is 27.6 Å². The van der Waals surface area contributed by atoms with Gasteiger partial charge in [0, 0.05) is 12.0 Å². The molecule has 0 aliphatic heterocycles. The first kappa shape index (κ1) is 17.4. The van der Waals surface area contributed by atoms with E-state index in [1.54, 1.807) is 0 Å². The number of halogens is 5. The van der Waals surface area contributed by atoms with Gasteiger partial charge in [0.05, 0.1) is 20.6 Å². The third kappa shape index (κ3) is 3.32. The quantitative estimate of drug-likeness (QED) is 0.725. The van der Waals surface area contributed by atoms with Gasteiger partial charge in [-0.15, -0.1) is 0 Å². The molecule has 0 unspecified atom stereocenters. The zero-order chi connectivity index (χ0) is 15.7. The molecule has 0 radical (unpaired) electrons. The molecule has 20 heavy (non-hydrogen) atoms. The van der Waals surface area contributed by atoms with Crippen LogP contribution in [0.15, 0.2) is 17.0 Å². The number of hydrogen-bond acceptors (Lipinski definition) is 4. The van der Waals surface area contributed by atoms with Crippen molar-refractivity contribution in [2.24, 2.45) is 0 Å². The fourth-order valence-electron chi connectivity index (χ4n) is 1.07. The summed E-state index contributed by atoms with van der Waals surface area (Å²) < 4.78 is 46.3. The Kier molecular flexibility index (Phi) is 5.20. The lowest BCUT2D eigenvalue weighted by Gasteiger charge is -2.25. The molecule has 3 N–H and O–H groups in total. The highest BCUT2D eigenvalue weighted by Crippen LogP contribution is 2.38. The summed E-state index contributed by atoms with van der Waals surface area (Å²) in [6, 6.07) is 2.40. The van der Waals surface area contributed by atoms with Crippen molar-refractivity contribution in [2.45, 2.75) is 23.6 Å². The summed E-state index contributed by atoms with van der Waals surface area (Å²) in [5, 5.41) is 10.6. The van der Waals surface area contributed by atoms with Gasteiger partial charge in [-0.05, 0) is 19.1 Å². The molecule has 1 aromatic carbocycles. The molecule has 112 valence electrons. The van der Waals surface area contributed by atoms with Gasteiger partial charge in [0.15, 0.2) is 0 Å². The van der Waals surface area contributed by atoms with E-state index in [0.717, 1.165) is 6.07 Å². The molecule has 4 nitrogen and oxygen atoms in total. The molecule has 0 spiro atoms. The number of anilines is 1. The summed E-state index contributed by atoms with van der Waals surface area (Å²) in [7, 11) is 0. The minimum absolute atomic E-state index is 0.136. The van der Waals surface area contributed by atoms with Gasteiger partial charge in [0.1, 0.15) is 0 Å². The lowest BCUT2D eigenvalue weighted by molar-refractivity contribution is -0.242. The third-order valence-corrected chi connectivity index (χ3v) is 3.92. The summed E-state index contributed by atoms with van der Waals surface area (Å²) in [5.74, 6) is -1.70. The van der Waals surface area contributed by atoms with Crippen LogP contribution in [0.5, 0.6) is 0 Å². The van der Waals surface area contributed by atoms with E-state index in [4.69, 9.17) is 27.8 Å². The largest absolute Gasteiger partial charge is 0.426 e. The Labute approximate surface area is 126 Å². The van der Waals surface area contributed by atoms with E-state index in [0.29, 0.717) is 6.92 Å². The van der Waals surface area contributed by atoms with Crippen molar-refractivity contribution in [1.29, 1.82) is 0 Å². The molecule has 0 aliphatic carbocycles. The van der Waals surface area contributed by atoms with Crippen molar-refractivity contribution in [3.8, 4) is 0 Å². The average molecular weight is 350 g/mol. The summed E-state index contributed by atoms with van der Waals surface area (Å²) in [4.78, 5) is 11.6. The van der Waals surface area contributed by atoms with Gasteiger partial charge >= 0.3 is 6.18 Å². The Morgan fingerprint density at radius 2 is 1.85 bits per heavy atom. The topological polar surface area (TPSA) is 69.6 Å². The van der Waals surface area contributed by atoms with Crippen LogP contribution < -0.4 is 5.32 Å². The molecule has 1 amide bonds. The number of carbonyl (C=O) groups is 1. The van der Waals surface area contributed by atoms with Crippen molar-refractivity contribution in [3.05, 3.63) is 22.2 Å². The summed E-state index contributed by atoms with van der Waals surface area (Å²) in [6.45, 7) is 0.315. The van der Waals surface area contributed by atoms with Crippen molar-refractivity contribution in [2.75, 3.05) is 5.32 Å². The van der Waals surface area contributed by atoms with Crippen LogP contribution in [-0.4, -0.2) is 27.3 Å². The second-order valence-electron chi connectivity index (χ2n) is 3.85. The number of hydrogen-bond donors (Lipinski definition) is 3. The number of benzene rings is 1. The smallest absolute Gasteiger partial charge is 0.373 e. The van der Waals surface area contributed by atoms with E-state index in [1.807, 2.05) is 5.32 Å². The predicted octanol–water partition coefficient (Wildman–Crippen LogP) is 3.81. The van der Waals surface area contributed by atoms with Crippen LogP contribution in [0.3, 0.4) is 0 Å². The Bertz CT molecular complexity index is 537. The molecule has 1 atom stereocenters. The zero-order valence-corrected chi connectivity index (χ0v) is 12.1. The SMILES string of the molecule is C[C@@](O)(C(=O)Nc1ccc(SO)c(Cl)c1Cl)C(F)(F)F. The highest BCUT2D eigenvalue weighted by Gasteiger charge is 2.55. The molecule has 0 aromatic heterocycles. The minimum atomic E-state index is -5.14. The number of carbonyl (C=O) groups excluding carboxylic acids is 1. The summed E-state index contributed by atoms with van der Waals surface area (Å²) in [5.41, 5.74) is -3.79. The lowest BCUT2D eigenvalue weighted by Crippen LogP contribution is -2.52. The maximum Gasteiger partial charge on any atom is 0.426 e. The number of nitrogens with one attached hydrogen (secondary N) is 1. The van der Waals surface area contributed by atoms with Gasteiger partial charge in [0.25, 0.3) is 5.91 Å². The van der Waals surface area contributed by atoms with Crippen LogP contribution in [0.2, 0.25) is 10.0 Å². The van der Waals surface area contributed by atoms with E-state index in [9.17, 15) is 23.1 Å². The molecule has 0 heterocycles. The first-order valence-electron chi connectivity index (χ1n) is 4.92. The average Bonchev–Trinajstić information content (AvgIpc) is 2.33. The van der Waals surface area contributed by atoms with E-state index < -0.39 is 17.7 Å². The molecular weight excluding hydrogens is 342 g/mol. The first-order chi connectivity index (χ1) is 9.02. The van der Waals surface area contributed by atoms with E-state index in [2.05, 4.69) is 0 Å². The lowest BCUT2D eigenvalue weighted by atomic mass is 10.1. The monoisotopic (exact) mass is 349 g/mol. The third-order valence-electron chi connectivity index (χ3n) is 2.39. The molecule has 0 aliphatic rings. The second kappa shape index (κ2) is 5.98. The minimum Gasteiger partial charge on any atom is -0.373 e. The molecule has 0 saturated carbocycles.